The van der Waals surface area contributed by atoms with Crippen molar-refractivity contribution in [1.82, 2.24) is 9.78 Å². The Morgan fingerprint density at radius 1 is 1.21 bits per heavy atom. The summed E-state index contributed by atoms with van der Waals surface area (Å²) >= 11 is 0. The highest BCUT2D eigenvalue weighted by atomic mass is 19.4. The maximum atomic E-state index is 12.6. The third-order valence-electron chi connectivity index (χ3n) is 2.82. The van der Waals surface area contributed by atoms with E-state index >= 15 is 0 Å². The van der Waals surface area contributed by atoms with Gasteiger partial charge in [0.15, 0.2) is 0 Å². The normalized spacial score (nSPS) is 12.1. The number of anilines is 1. The summed E-state index contributed by atoms with van der Waals surface area (Å²) in [4.78, 5) is 0. The van der Waals surface area contributed by atoms with Crippen LogP contribution in [0.2, 0.25) is 0 Å². The van der Waals surface area contributed by atoms with Crippen LogP contribution in [0.3, 0.4) is 0 Å². The molecule has 0 spiro atoms. The highest BCUT2D eigenvalue weighted by Crippen LogP contribution is 2.35. The molecule has 102 valence electrons. The molecule has 6 heteroatoms. The van der Waals surface area contributed by atoms with Crippen LogP contribution in [0.15, 0.2) is 30.6 Å². The molecule has 2 rings (SSSR count). The van der Waals surface area contributed by atoms with Crippen molar-refractivity contribution in [3.8, 4) is 11.1 Å². The molecule has 0 atom stereocenters. The topological polar surface area (TPSA) is 43.8 Å². The molecule has 1 aromatic heterocycles. The number of alkyl halides is 3. The average molecular weight is 269 g/mol. The van der Waals surface area contributed by atoms with Crippen molar-refractivity contribution in [3.63, 3.8) is 0 Å². The Hall–Kier alpha value is -1.98. The van der Waals surface area contributed by atoms with Gasteiger partial charge in [-0.05, 0) is 31.5 Å². The van der Waals surface area contributed by atoms with E-state index in [9.17, 15) is 13.2 Å². The smallest absolute Gasteiger partial charge is 0.398 e. The highest BCUT2D eigenvalue weighted by molar-refractivity contribution is 5.68. The summed E-state index contributed by atoms with van der Waals surface area (Å²) in [7, 11) is 0. The van der Waals surface area contributed by atoms with E-state index in [0.717, 1.165) is 11.6 Å². The van der Waals surface area contributed by atoms with Crippen LogP contribution in [-0.4, -0.2) is 9.78 Å². The highest BCUT2D eigenvalue weighted by Gasteiger charge is 2.32. The fraction of sp³-hybridized carbons (Fsp3) is 0.308. The lowest BCUT2D eigenvalue weighted by molar-refractivity contribution is -0.136. The molecule has 0 amide bonds. The van der Waals surface area contributed by atoms with Crippen LogP contribution in [0.1, 0.15) is 25.5 Å². The Morgan fingerprint density at radius 2 is 1.89 bits per heavy atom. The second kappa shape index (κ2) is 4.60. The number of benzene rings is 1. The lowest BCUT2D eigenvalue weighted by Crippen LogP contribution is -2.08. The van der Waals surface area contributed by atoms with Crippen LogP contribution in [0.25, 0.3) is 11.1 Å². The summed E-state index contributed by atoms with van der Waals surface area (Å²) < 4.78 is 39.5. The van der Waals surface area contributed by atoms with Gasteiger partial charge in [-0.25, -0.2) is 0 Å². The monoisotopic (exact) mass is 269 g/mol. The van der Waals surface area contributed by atoms with Crippen LogP contribution < -0.4 is 5.73 Å². The standard InChI is InChI=1S/C13H14F3N3/c1-8(2)19-7-10(6-18-19)9-3-4-11(12(17)5-9)13(14,15)16/h3-8H,17H2,1-2H3. The predicted molar refractivity (Wildman–Crippen MR) is 67.5 cm³/mol. The van der Waals surface area contributed by atoms with E-state index in [1.165, 1.54) is 12.1 Å². The molecule has 0 aliphatic heterocycles. The summed E-state index contributed by atoms with van der Waals surface area (Å²) in [6, 6.07) is 3.92. The first-order valence-electron chi connectivity index (χ1n) is 5.80. The maximum Gasteiger partial charge on any atom is 0.418 e. The lowest BCUT2D eigenvalue weighted by atomic mass is 10.0. The average Bonchev–Trinajstić information content (AvgIpc) is 2.76. The fourth-order valence-electron chi connectivity index (χ4n) is 1.77. The Balaban J connectivity index is 2.39. The molecular formula is C13H14F3N3. The van der Waals surface area contributed by atoms with Gasteiger partial charge >= 0.3 is 6.18 Å². The number of hydrogen-bond acceptors (Lipinski definition) is 2. The molecule has 3 nitrogen and oxygen atoms in total. The summed E-state index contributed by atoms with van der Waals surface area (Å²) in [5.74, 6) is 0. The Morgan fingerprint density at radius 3 is 2.37 bits per heavy atom. The lowest BCUT2D eigenvalue weighted by Gasteiger charge is -2.10. The first-order chi connectivity index (χ1) is 8.79. The predicted octanol–water partition coefficient (Wildman–Crippen LogP) is 3.73. The first kappa shape index (κ1) is 13.5. The minimum atomic E-state index is -4.43. The minimum absolute atomic E-state index is 0.195. The van der Waals surface area contributed by atoms with Gasteiger partial charge in [0, 0.05) is 23.5 Å². The molecule has 0 saturated heterocycles. The van der Waals surface area contributed by atoms with Gasteiger partial charge in [-0.3, -0.25) is 4.68 Å². The molecule has 2 N–H and O–H groups in total. The summed E-state index contributed by atoms with van der Waals surface area (Å²) in [5, 5.41) is 4.15. The van der Waals surface area contributed by atoms with Gasteiger partial charge < -0.3 is 5.73 Å². The summed E-state index contributed by atoms with van der Waals surface area (Å²) in [6.45, 7) is 3.94. The first-order valence-corrected chi connectivity index (χ1v) is 5.80. The number of nitrogens with two attached hydrogens (primary N) is 1. The van der Waals surface area contributed by atoms with Crippen molar-refractivity contribution in [1.29, 1.82) is 0 Å². The molecule has 0 radical (unpaired) electrons. The second-order valence-electron chi connectivity index (χ2n) is 4.60. The van der Waals surface area contributed by atoms with E-state index < -0.39 is 11.7 Å². The van der Waals surface area contributed by atoms with Gasteiger partial charge in [-0.1, -0.05) is 6.07 Å². The molecule has 0 unspecified atom stereocenters. The van der Waals surface area contributed by atoms with Gasteiger partial charge in [-0.2, -0.15) is 18.3 Å². The zero-order chi connectivity index (χ0) is 14.2. The van der Waals surface area contributed by atoms with Crippen LogP contribution in [-0.2, 0) is 6.18 Å². The van der Waals surface area contributed by atoms with E-state index in [0.29, 0.717) is 5.56 Å². The van der Waals surface area contributed by atoms with Crippen molar-refractivity contribution in [2.45, 2.75) is 26.1 Å². The molecule has 1 heterocycles. The number of aromatic nitrogens is 2. The molecular weight excluding hydrogens is 255 g/mol. The van der Waals surface area contributed by atoms with Gasteiger partial charge in [-0.15, -0.1) is 0 Å². The molecule has 2 aromatic rings. The van der Waals surface area contributed by atoms with Gasteiger partial charge in [0.05, 0.1) is 11.8 Å². The molecule has 1 aromatic carbocycles. The number of nitrogens with zero attached hydrogens (tertiary/aromatic N) is 2. The van der Waals surface area contributed by atoms with Crippen LogP contribution in [0, 0.1) is 0 Å². The summed E-state index contributed by atoms with van der Waals surface area (Å²) in [6.07, 6.45) is -1.03. The number of hydrogen-bond donors (Lipinski definition) is 1. The van der Waals surface area contributed by atoms with Crippen LogP contribution in [0.4, 0.5) is 18.9 Å². The minimum Gasteiger partial charge on any atom is -0.398 e. The van der Waals surface area contributed by atoms with Crippen molar-refractivity contribution in [2.24, 2.45) is 0 Å². The largest absolute Gasteiger partial charge is 0.418 e. The van der Waals surface area contributed by atoms with E-state index in [2.05, 4.69) is 5.10 Å². The van der Waals surface area contributed by atoms with Gasteiger partial charge in [0.1, 0.15) is 0 Å². The Bertz CT molecular complexity index is 585. The van der Waals surface area contributed by atoms with Crippen LogP contribution >= 0.6 is 0 Å². The van der Waals surface area contributed by atoms with E-state index in [1.807, 2.05) is 13.8 Å². The zero-order valence-electron chi connectivity index (χ0n) is 10.6. The third-order valence-corrected chi connectivity index (χ3v) is 2.82. The van der Waals surface area contributed by atoms with Crippen LogP contribution in [0.5, 0.6) is 0 Å². The van der Waals surface area contributed by atoms with Gasteiger partial charge in [0.2, 0.25) is 0 Å². The molecule has 0 aliphatic carbocycles. The molecule has 19 heavy (non-hydrogen) atoms. The van der Waals surface area contributed by atoms with Crippen molar-refractivity contribution < 1.29 is 13.2 Å². The molecule has 0 saturated carbocycles. The Kier molecular flexibility index (Phi) is 3.26. The maximum absolute atomic E-state index is 12.6. The molecule has 0 fully saturated rings. The SMILES string of the molecule is CC(C)n1cc(-c2ccc(C(F)(F)F)c(N)c2)cn1. The van der Waals surface area contributed by atoms with E-state index in [1.54, 1.807) is 17.1 Å². The van der Waals surface area contributed by atoms with Gasteiger partial charge in [0.25, 0.3) is 0 Å². The third kappa shape index (κ3) is 2.72. The zero-order valence-corrected chi connectivity index (χ0v) is 10.6. The van der Waals surface area contributed by atoms with Crippen molar-refractivity contribution in [3.05, 3.63) is 36.2 Å². The quantitative estimate of drug-likeness (QED) is 0.844. The second-order valence-corrected chi connectivity index (χ2v) is 4.60. The number of nitrogen functional groups attached to an aromatic ring is 1. The molecule has 0 aliphatic rings. The fourth-order valence-corrected chi connectivity index (χ4v) is 1.77. The Labute approximate surface area is 108 Å². The summed E-state index contributed by atoms with van der Waals surface area (Å²) in [5.41, 5.74) is 5.74. The van der Waals surface area contributed by atoms with E-state index in [4.69, 9.17) is 5.73 Å². The molecule has 0 bridgehead atoms. The number of halogens is 3. The van der Waals surface area contributed by atoms with Crippen molar-refractivity contribution >= 4 is 5.69 Å². The van der Waals surface area contributed by atoms with E-state index in [-0.39, 0.29) is 11.7 Å². The van der Waals surface area contributed by atoms with Crippen molar-refractivity contribution in [2.75, 3.05) is 5.73 Å². The number of rotatable bonds is 2.